The molecule has 0 bridgehead atoms. The number of nitrogens with zero attached hydrogens (tertiary/aromatic N) is 1. The summed E-state index contributed by atoms with van der Waals surface area (Å²) >= 11 is 0. The molecule has 63 heavy (non-hydrogen) atoms. The van der Waals surface area contributed by atoms with Gasteiger partial charge in [-0.3, -0.25) is 0 Å². The zero-order valence-corrected chi connectivity index (χ0v) is 34.5. The molecule has 1 aromatic heterocycles. The summed E-state index contributed by atoms with van der Waals surface area (Å²) in [4.78, 5) is 2.40. The van der Waals surface area contributed by atoms with E-state index in [4.69, 9.17) is 4.42 Å². The van der Waals surface area contributed by atoms with Crippen molar-refractivity contribution in [2.45, 2.75) is 5.41 Å². The topological polar surface area (TPSA) is 16.4 Å². The van der Waals surface area contributed by atoms with Crippen LogP contribution in [0.15, 0.2) is 253 Å². The van der Waals surface area contributed by atoms with Gasteiger partial charge in [0.25, 0.3) is 0 Å². The average Bonchev–Trinajstić information content (AvgIpc) is 3.89. The third-order valence-electron chi connectivity index (χ3n) is 13.0. The second-order valence-electron chi connectivity index (χ2n) is 16.4. The van der Waals surface area contributed by atoms with E-state index in [-0.39, 0.29) is 0 Å². The lowest BCUT2D eigenvalue weighted by Gasteiger charge is -2.34. The molecular weight excluding hydrogens is 763 g/mol. The predicted octanol–water partition coefficient (Wildman–Crippen LogP) is 16.4. The summed E-state index contributed by atoms with van der Waals surface area (Å²) < 4.78 is 6.16. The van der Waals surface area contributed by atoms with Crippen LogP contribution in [0.25, 0.3) is 66.4 Å². The second-order valence-corrected chi connectivity index (χ2v) is 16.4. The van der Waals surface area contributed by atoms with Crippen LogP contribution in [0.5, 0.6) is 0 Å². The van der Waals surface area contributed by atoms with Crippen molar-refractivity contribution in [2.75, 3.05) is 4.90 Å². The summed E-state index contributed by atoms with van der Waals surface area (Å²) in [6.07, 6.45) is 0. The number of para-hydroxylation sites is 1. The van der Waals surface area contributed by atoms with Gasteiger partial charge in [0, 0.05) is 27.8 Å². The van der Waals surface area contributed by atoms with E-state index in [9.17, 15) is 0 Å². The normalized spacial score (nSPS) is 14.1. The smallest absolute Gasteiger partial charge is 0.135 e. The van der Waals surface area contributed by atoms with Crippen molar-refractivity contribution in [1.29, 1.82) is 0 Å². The van der Waals surface area contributed by atoms with Crippen LogP contribution in [0.1, 0.15) is 22.3 Å². The van der Waals surface area contributed by atoms with Crippen LogP contribution in [0.4, 0.5) is 17.1 Å². The zero-order chi connectivity index (χ0) is 41.7. The monoisotopic (exact) mass is 803 g/mol. The maximum Gasteiger partial charge on any atom is 0.135 e. The minimum absolute atomic E-state index is 0.526. The lowest BCUT2D eigenvalue weighted by molar-refractivity contribution is 0.669. The highest BCUT2D eigenvalue weighted by Crippen LogP contribution is 2.57. The molecule has 0 saturated carbocycles. The molecule has 296 valence electrons. The van der Waals surface area contributed by atoms with E-state index in [2.05, 4.69) is 241 Å². The molecule has 0 amide bonds. The van der Waals surface area contributed by atoms with Crippen LogP contribution in [-0.2, 0) is 5.41 Å². The molecule has 2 heteroatoms. The number of benzene rings is 10. The van der Waals surface area contributed by atoms with Gasteiger partial charge in [0.2, 0.25) is 0 Å². The van der Waals surface area contributed by atoms with Crippen LogP contribution >= 0.6 is 0 Å². The molecule has 0 N–H and O–H groups in total. The summed E-state index contributed by atoms with van der Waals surface area (Å²) in [5.74, 6) is 0. The number of fused-ring (bicyclic) bond motifs is 6. The third kappa shape index (κ3) is 6.10. The summed E-state index contributed by atoms with van der Waals surface area (Å²) in [6, 6.07) is 90.4. The minimum atomic E-state index is -0.526. The Hall–Kier alpha value is -8.20. The Balaban J connectivity index is 1.02. The molecule has 10 aromatic carbocycles. The van der Waals surface area contributed by atoms with Gasteiger partial charge < -0.3 is 9.32 Å². The first-order chi connectivity index (χ1) is 31.2. The van der Waals surface area contributed by atoms with Crippen molar-refractivity contribution in [3.05, 3.63) is 271 Å². The van der Waals surface area contributed by atoms with Gasteiger partial charge in [-0.15, -0.1) is 0 Å². The molecule has 1 aliphatic rings. The number of anilines is 3. The van der Waals surface area contributed by atoms with Crippen LogP contribution in [0.2, 0.25) is 0 Å². The van der Waals surface area contributed by atoms with E-state index in [1.165, 1.54) is 55.6 Å². The molecule has 0 radical (unpaired) electrons. The molecular formula is C61H41NO. The predicted molar refractivity (Wildman–Crippen MR) is 262 cm³/mol. The molecule has 0 aliphatic heterocycles. The zero-order valence-electron chi connectivity index (χ0n) is 34.5. The Morgan fingerprint density at radius 1 is 0.286 bits per heavy atom. The highest BCUT2D eigenvalue weighted by molar-refractivity contribution is 6.06. The van der Waals surface area contributed by atoms with E-state index in [1.54, 1.807) is 0 Å². The molecule has 0 spiro atoms. The largest absolute Gasteiger partial charge is 0.456 e. The lowest BCUT2D eigenvalue weighted by atomic mass is 9.67. The van der Waals surface area contributed by atoms with Crippen molar-refractivity contribution in [2.24, 2.45) is 0 Å². The summed E-state index contributed by atoms with van der Waals surface area (Å²) in [7, 11) is 0. The Labute approximate surface area is 367 Å². The van der Waals surface area contributed by atoms with E-state index in [0.29, 0.717) is 0 Å². The van der Waals surface area contributed by atoms with Crippen molar-refractivity contribution in [3.8, 4) is 44.5 Å². The molecule has 11 aromatic rings. The van der Waals surface area contributed by atoms with Gasteiger partial charge in [0.15, 0.2) is 0 Å². The van der Waals surface area contributed by atoms with Crippen molar-refractivity contribution in [1.82, 2.24) is 0 Å². The highest BCUT2D eigenvalue weighted by atomic mass is 16.3. The lowest BCUT2D eigenvalue weighted by Crippen LogP contribution is -2.28. The van der Waals surface area contributed by atoms with Crippen LogP contribution < -0.4 is 4.90 Å². The fourth-order valence-electron chi connectivity index (χ4n) is 10.0. The van der Waals surface area contributed by atoms with Gasteiger partial charge in [0.05, 0.1) is 5.41 Å². The molecule has 2 nitrogen and oxygen atoms in total. The fraction of sp³-hybridized carbons (Fsp3) is 0.0164. The minimum Gasteiger partial charge on any atom is -0.456 e. The summed E-state index contributed by atoms with van der Waals surface area (Å²) in [5.41, 5.74) is 19.2. The number of hydrogen-bond donors (Lipinski definition) is 0. The van der Waals surface area contributed by atoms with Gasteiger partial charge in [0.1, 0.15) is 11.2 Å². The fourth-order valence-corrected chi connectivity index (χ4v) is 10.0. The maximum absolute atomic E-state index is 6.16. The van der Waals surface area contributed by atoms with Gasteiger partial charge in [-0.05, 0) is 127 Å². The second kappa shape index (κ2) is 15.1. The average molecular weight is 804 g/mol. The SMILES string of the molecule is c1ccc(-c2ccc(N(c3ccc(-c4ccc5oc6ccccc6c5c4)cc3)c3ccc4c(c3)-c3ccccc3C4(c3ccccc3)c3cccc(-c4ccccc4)c3)cc2)cc1. The molecule has 12 rings (SSSR count). The molecule has 1 unspecified atom stereocenters. The van der Waals surface area contributed by atoms with E-state index in [1.807, 2.05) is 12.1 Å². The number of hydrogen-bond acceptors (Lipinski definition) is 2. The van der Waals surface area contributed by atoms with Gasteiger partial charge in [-0.2, -0.15) is 0 Å². The number of furan rings is 1. The maximum atomic E-state index is 6.16. The first-order valence-electron chi connectivity index (χ1n) is 21.7. The Morgan fingerprint density at radius 3 is 1.51 bits per heavy atom. The van der Waals surface area contributed by atoms with Gasteiger partial charge in [-0.1, -0.05) is 188 Å². The Kier molecular flexibility index (Phi) is 8.76. The highest BCUT2D eigenvalue weighted by Gasteiger charge is 2.46. The molecule has 0 fully saturated rings. The molecule has 0 saturated heterocycles. The van der Waals surface area contributed by atoms with Crippen LogP contribution in [0, 0.1) is 0 Å². The van der Waals surface area contributed by atoms with Crippen molar-refractivity contribution < 1.29 is 4.42 Å². The summed E-state index contributed by atoms with van der Waals surface area (Å²) in [6.45, 7) is 0. The Morgan fingerprint density at radius 2 is 0.778 bits per heavy atom. The molecule has 1 heterocycles. The van der Waals surface area contributed by atoms with E-state index < -0.39 is 5.41 Å². The quantitative estimate of drug-likeness (QED) is 0.152. The van der Waals surface area contributed by atoms with Crippen molar-refractivity contribution in [3.63, 3.8) is 0 Å². The van der Waals surface area contributed by atoms with Crippen LogP contribution in [-0.4, -0.2) is 0 Å². The van der Waals surface area contributed by atoms with E-state index in [0.717, 1.165) is 50.1 Å². The first-order valence-corrected chi connectivity index (χ1v) is 21.7. The standard InChI is InChI=1S/C61H41NO/c1-4-15-42(16-5-1)44-27-32-50(33-28-44)62(51-34-29-45(30-35-51)47-31-38-60-56(40-47)54-24-11-13-26-59(54)63-60)52-36-37-58-55(41-52)53-23-10-12-25-57(53)61(58,48-20-8-3-9-21-48)49-22-14-19-46(39-49)43-17-6-2-7-18-43/h1-41H. The molecule has 1 aliphatic carbocycles. The summed E-state index contributed by atoms with van der Waals surface area (Å²) in [5, 5.41) is 2.26. The van der Waals surface area contributed by atoms with Gasteiger partial charge >= 0.3 is 0 Å². The third-order valence-corrected chi connectivity index (χ3v) is 13.0. The molecule has 1 atom stereocenters. The van der Waals surface area contributed by atoms with E-state index >= 15 is 0 Å². The first kappa shape index (κ1) is 36.6. The van der Waals surface area contributed by atoms with Crippen LogP contribution in [0.3, 0.4) is 0 Å². The van der Waals surface area contributed by atoms with Gasteiger partial charge in [-0.25, -0.2) is 0 Å². The Bertz CT molecular complexity index is 3430. The number of rotatable bonds is 8. The van der Waals surface area contributed by atoms with Crippen molar-refractivity contribution >= 4 is 39.0 Å².